The first-order chi connectivity index (χ1) is 8.09. The normalized spacial score (nSPS) is 17.9. The summed E-state index contributed by atoms with van der Waals surface area (Å²) in [6.07, 6.45) is 6.32. The average Bonchev–Trinajstić information content (AvgIpc) is 2.75. The lowest BCUT2D eigenvalue weighted by molar-refractivity contribution is 0.0934. The molecule has 1 aromatic heterocycles. The molecule has 0 unspecified atom stereocenters. The maximum Gasteiger partial charge on any atom is 0.252 e. The molecule has 1 aliphatic rings. The highest BCUT2D eigenvalue weighted by Crippen LogP contribution is 2.36. The van der Waals surface area contributed by atoms with Gasteiger partial charge in [0, 0.05) is 18.8 Å². The standard InChI is InChI=1S/C13H18N2O2/c1-13(6-2-3-7-13)9-15-12(17)10-4-5-11(16)14-8-10/h4-5,8H,2-3,6-7,9H2,1H3,(H,14,16)(H,15,17). The maximum absolute atomic E-state index is 11.8. The highest BCUT2D eigenvalue weighted by atomic mass is 16.1. The number of rotatable bonds is 3. The van der Waals surface area contributed by atoms with Gasteiger partial charge in [0.25, 0.3) is 5.91 Å². The minimum Gasteiger partial charge on any atom is -0.351 e. The van der Waals surface area contributed by atoms with Gasteiger partial charge in [0.2, 0.25) is 5.56 Å². The topological polar surface area (TPSA) is 62.0 Å². The van der Waals surface area contributed by atoms with Gasteiger partial charge in [-0.25, -0.2) is 0 Å². The van der Waals surface area contributed by atoms with Crippen LogP contribution in [0.25, 0.3) is 0 Å². The van der Waals surface area contributed by atoms with Crippen LogP contribution in [0.1, 0.15) is 43.0 Å². The van der Waals surface area contributed by atoms with Gasteiger partial charge in [0.1, 0.15) is 0 Å². The second-order valence-electron chi connectivity index (χ2n) is 5.14. The largest absolute Gasteiger partial charge is 0.351 e. The van der Waals surface area contributed by atoms with Gasteiger partial charge in [0.05, 0.1) is 5.56 Å². The Balaban J connectivity index is 1.93. The van der Waals surface area contributed by atoms with Crippen LogP contribution in [0.15, 0.2) is 23.1 Å². The zero-order valence-corrected chi connectivity index (χ0v) is 10.1. The van der Waals surface area contributed by atoms with Crippen molar-refractivity contribution in [2.75, 3.05) is 6.54 Å². The number of H-pyrrole nitrogens is 1. The Morgan fingerprint density at radius 1 is 1.41 bits per heavy atom. The van der Waals surface area contributed by atoms with Gasteiger partial charge in [-0.3, -0.25) is 9.59 Å². The fourth-order valence-corrected chi connectivity index (χ4v) is 2.35. The predicted octanol–water partition coefficient (Wildman–Crippen LogP) is 1.69. The molecule has 2 N–H and O–H groups in total. The highest BCUT2D eigenvalue weighted by Gasteiger charge is 2.28. The van der Waals surface area contributed by atoms with Crippen LogP contribution in [0, 0.1) is 5.41 Å². The molecule has 2 rings (SSSR count). The van der Waals surface area contributed by atoms with E-state index >= 15 is 0 Å². The van der Waals surface area contributed by atoms with Crippen LogP contribution in [0.3, 0.4) is 0 Å². The van der Waals surface area contributed by atoms with Crippen molar-refractivity contribution >= 4 is 5.91 Å². The molecule has 1 fully saturated rings. The predicted molar refractivity (Wildman–Crippen MR) is 66.0 cm³/mol. The van der Waals surface area contributed by atoms with Crippen molar-refractivity contribution in [1.82, 2.24) is 10.3 Å². The Bertz CT molecular complexity index is 438. The SMILES string of the molecule is CC1(CNC(=O)c2ccc(=O)[nH]c2)CCCC1. The van der Waals surface area contributed by atoms with E-state index in [0.29, 0.717) is 12.1 Å². The van der Waals surface area contributed by atoms with E-state index in [-0.39, 0.29) is 16.9 Å². The average molecular weight is 234 g/mol. The van der Waals surface area contributed by atoms with E-state index in [2.05, 4.69) is 17.2 Å². The molecular formula is C13H18N2O2. The van der Waals surface area contributed by atoms with Gasteiger partial charge in [-0.15, -0.1) is 0 Å². The third kappa shape index (κ3) is 2.96. The second kappa shape index (κ2) is 4.73. The van der Waals surface area contributed by atoms with E-state index < -0.39 is 0 Å². The summed E-state index contributed by atoms with van der Waals surface area (Å²) in [5, 5.41) is 2.94. The molecule has 0 bridgehead atoms. The summed E-state index contributed by atoms with van der Waals surface area (Å²) in [5.41, 5.74) is 0.563. The molecule has 0 atom stereocenters. The van der Waals surface area contributed by atoms with Crippen LogP contribution in [0.5, 0.6) is 0 Å². The molecule has 1 heterocycles. The highest BCUT2D eigenvalue weighted by molar-refractivity contribution is 5.93. The summed E-state index contributed by atoms with van der Waals surface area (Å²) in [6, 6.07) is 2.91. The monoisotopic (exact) mass is 234 g/mol. The van der Waals surface area contributed by atoms with Gasteiger partial charge >= 0.3 is 0 Å². The number of carbonyl (C=O) groups excluding carboxylic acids is 1. The Kier molecular flexibility index (Phi) is 3.31. The summed E-state index contributed by atoms with van der Waals surface area (Å²) in [4.78, 5) is 25.2. The molecule has 1 aliphatic carbocycles. The summed E-state index contributed by atoms with van der Waals surface area (Å²) < 4.78 is 0. The van der Waals surface area contributed by atoms with Crippen LogP contribution < -0.4 is 10.9 Å². The molecule has 1 aromatic rings. The van der Waals surface area contributed by atoms with Crippen molar-refractivity contribution in [3.05, 3.63) is 34.2 Å². The number of nitrogens with one attached hydrogen (secondary N) is 2. The quantitative estimate of drug-likeness (QED) is 0.836. The summed E-state index contributed by atoms with van der Waals surface area (Å²) in [5.74, 6) is -0.116. The molecule has 1 amide bonds. The van der Waals surface area contributed by atoms with Gasteiger partial charge < -0.3 is 10.3 Å². The molecule has 0 aromatic carbocycles. The van der Waals surface area contributed by atoms with E-state index in [9.17, 15) is 9.59 Å². The van der Waals surface area contributed by atoms with Gasteiger partial charge in [-0.1, -0.05) is 19.8 Å². The van der Waals surface area contributed by atoms with E-state index in [1.807, 2.05) is 0 Å². The van der Waals surface area contributed by atoms with Gasteiger partial charge in [0.15, 0.2) is 0 Å². The fraction of sp³-hybridized carbons (Fsp3) is 0.538. The fourth-order valence-electron chi connectivity index (χ4n) is 2.35. The Morgan fingerprint density at radius 2 is 2.12 bits per heavy atom. The zero-order valence-electron chi connectivity index (χ0n) is 10.1. The number of aromatic nitrogens is 1. The van der Waals surface area contributed by atoms with Crippen molar-refractivity contribution in [3.63, 3.8) is 0 Å². The van der Waals surface area contributed by atoms with Crippen LogP contribution >= 0.6 is 0 Å². The molecular weight excluding hydrogens is 216 g/mol. The van der Waals surface area contributed by atoms with E-state index in [1.54, 1.807) is 6.07 Å². The van der Waals surface area contributed by atoms with E-state index in [4.69, 9.17) is 0 Å². The van der Waals surface area contributed by atoms with E-state index in [1.165, 1.54) is 37.9 Å². The zero-order chi connectivity index (χ0) is 12.3. The Hall–Kier alpha value is -1.58. The number of pyridine rings is 1. The summed E-state index contributed by atoms with van der Waals surface area (Å²) in [6.45, 7) is 2.93. The van der Waals surface area contributed by atoms with Gasteiger partial charge in [-0.05, 0) is 24.3 Å². The maximum atomic E-state index is 11.8. The third-order valence-corrected chi connectivity index (χ3v) is 3.53. The van der Waals surface area contributed by atoms with Crippen LogP contribution in [0.4, 0.5) is 0 Å². The lowest BCUT2D eigenvalue weighted by atomic mass is 9.89. The van der Waals surface area contributed by atoms with E-state index in [0.717, 1.165) is 0 Å². The first-order valence-corrected chi connectivity index (χ1v) is 6.06. The molecule has 17 heavy (non-hydrogen) atoms. The number of hydrogen-bond donors (Lipinski definition) is 2. The Labute approximate surface area is 100 Å². The van der Waals surface area contributed by atoms with Crippen LogP contribution in [-0.2, 0) is 0 Å². The third-order valence-electron chi connectivity index (χ3n) is 3.53. The number of carbonyl (C=O) groups is 1. The minimum absolute atomic E-state index is 0.116. The molecule has 0 aliphatic heterocycles. The molecule has 0 spiro atoms. The molecule has 0 saturated heterocycles. The first-order valence-electron chi connectivity index (χ1n) is 6.06. The number of aromatic amines is 1. The molecule has 4 heteroatoms. The molecule has 4 nitrogen and oxygen atoms in total. The number of hydrogen-bond acceptors (Lipinski definition) is 2. The molecule has 92 valence electrons. The Morgan fingerprint density at radius 3 is 2.71 bits per heavy atom. The molecule has 1 saturated carbocycles. The summed E-state index contributed by atoms with van der Waals surface area (Å²) in [7, 11) is 0. The smallest absolute Gasteiger partial charge is 0.252 e. The second-order valence-corrected chi connectivity index (χ2v) is 5.14. The summed E-state index contributed by atoms with van der Waals surface area (Å²) >= 11 is 0. The van der Waals surface area contributed by atoms with Crippen molar-refractivity contribution < 1.29 is 4.79 Å². The first kappa shape index (κ1) is 11.9. The van der Waals surface area contributed by atoms with Crippen molar-refractivity contribution in [3.8, 4) is 0 Å². The van der Waals surface area contributed by atoms with Crippen molar-refractivity contribution in [1.29, 1.82) is 0 Å². The molecule has 0 radical (unpaired) electrons. The lowest BCUT2D eigenvalue weighted by Gasteiger charge is -2.23. The van der Waals surface area contributed by atoms with Crippen molar-refractivity contribution in [2.24, 2.45) is 5.41 Å². The van der Waals surface area contributed by atoms with Crippen molar-refractivity contribution in [2.45, 2.75) is 32.6 Å². The lowest BCUT2D eigenvalue weighted by Crippen LogP contribution is -2.34. The number of amides is 1. The minimum atomic E-state index is -0.190. The van der Waals surface area contributed by atoms with Crippen LogP contribution in [-0.4, -0.2) is 17.4 Å². The van der Waals surface area contributed by atoms with Gasteiger partial charge in [-0.2, -0.15) is 0 Å². The van der Waals surface area contributed by atoms with Crippen LogP contribution in [0.2, 0.25) is 0 Å².